The van der Waals surface area contributed by atoms with Crippen molar-refractivity contribution in [3.63, 3.8) is 0 Å². The number of β-amino-alcohol motifs (C(OH)–C–C–N with tert-alkyl or cyclic N) is 1. The number of fused-ring (bicyclic) bond motifs is 1. The van der Waals surface area contributed by atoms with Crippen LogP contribution < -0.4 is 24.3 Å². The Morgan fingerprint density at radius 3 is 2.46 bits per heavy atom. The Kier molecular flexibility index (Phi) is 11.3. The van der Waals surface area contributed by atoms with Gasteiger partial charge < -0.3 is 39.6 Å². The van der Waals surface area contributed by atoms with Gasteiger partial charge in [-0.05, 0) is 73.7 Å². The van der Waals surface area contributed by atoms with Crippen LogP contribution in [0.5, 0.6) is 23.0 Å². The number of piperidine rings is 1. The van der Waals surface area contributed by atoms with Gasteiger partial charge >= 0.3 is 6.18 Å². The lowest BCUT2D eigenvalue weighted by Crippen LogP contribution is -2.57. The predicted octanol–water partition coefficient (Wildman–Crippen LogP) is 5.27. The minimum atomic E-state index is -4.72. The van der Waals surface area contributed by atoms with Crippen LogP contribution in [0, 0.1) is 6.92 Å². The summed E-state index contributed by atoms with van der Waals surface area (Å²) >= 11 is 6.67. The molecular formula is C35H42ClF3N2O7. The summed E-state index contributed by atoms with van der Waals surface area (Å²) in [5.41, 5.74) is 0.792. The van der Waals surface area contributed by atoms with Gasteiger partial charge in [-0.25, -0.2) is 0 Å². The average molecular weight is 695 g/mol. The molecule has 4 N–H and O–H groups in total. The fourth-order valence-corrected chi connectivity index (χ4v) is 6.02. The molecule has 2 aliphatic rings. The number of nitrogens with one attached hydrogen (secondary N) is 1. The first-order valence-corrected chi connectivity index (χ1v) is 16.3. The van der Waals surface area contributed by atoms with E-state index >= 15 is 0 Å². The molecule has 1 unspecified atom stereocenters. The number of hydrogen-bond acceptors (Lipinski definition) is 9. The highest BCUT2D eigenvalue weighted by Gasteiger charge is 2.55. The molecule has 9 nitrogen and oxygen atoms in total. The Labute approximate surface area is 283 Å². The summed E-state index contributed by atoms with van der Waals surface area (Å²) in [7, 11) is 0. The number of hydrogen-bond donors (Lipinski definition) is 4. The number of rotatable bonds is 13. The van der Waals surface area contributed by atoms with Gasteiger partial charge in [-0.15, -0.1) is 0 Å². The average Bonchev–Trinajstić information content (AvgIpc) is 3.07. The first kappa shape index (κ1) is 36.0. The van der Waals surface area contributed by atoms with Gasteiger partial charge in [-0.2, -0.15) is 13.2 Å². The van der Waals surface area contributed by atoms with Crippen LogP contribution in [-0.2, 0) is 13.2 Å². The summed E-state index contributed by atoms with van der Waals surface area (Å²) in [6.07, 6.45) is -4.85. The summed E-state index contributed by atoms with van der Waals surface area (Å²) in [6.45, 7) is 4.46. The van der Waals surface area contributed by atoms with Gasteiger partial charge in [0, 0.05) is 31.3 Å². The number of ether oxygens (including phenoxy) is 4. The monoisotopic (exact) mass is 694 g/mol. The zero-order valence-corrected chi connectivity index (χ0v) is 27.8. The third kappa shape index (κ3) is 8.30. The van der Waals surface area contributed by atoms with Crippen molar-refractivity contribution in [2.45, 2.75) is 57.2 Å². The molecule has 3 aromatic rings. The maximum atomic E-state index is 13.5. The molecule has 2 heterocycles. The fourth-order valence-electron chi connectivity index (χ4n) is 5.78. The molecule has 48 heavy (non-hydrogen) atoms. The van der Waals surface area contributed by atoms with Gasteiger partial charge in [0.1, 0.15) is 37.9 Å². The molecule has 0 saturated carbocycles. The van der Waals surface area contributed by atoms with Gasteiger partial charge in [0.2, 0.25) is 0 Å². The number of nitrogens with zero attached hydrogens (tertiary/aromatic N) is 1. The van der Waals surface area contributed by atoms with Crippen LogP contribution >= 0.6 is 11.6 Å². The lowest BCUT2D eigenvalue weighted by Gasteiger charge is -2.40. The van der Waals surface area contributed by atoms with Crippen molar-refractivity contribution in [3.05, 3.63) is 70.2 Å². The quantitative estimate of drug-likeness (QED) is 0.190. The molecule has 1 saturated heterocycles. The highest BCUT2D eigenvalue weighted by atomic mass is 35.5. The maximum absolute atomic E-state index is 13.5. The number of alkyl halides is 3. The van der Waals surface area contributed by atoms with E-state index in [1.165, 1.54) is 4.90 Å². The highest BCUT2D eigenvalue weighted by molar-refractivity contribution is 6.32. The van der Waals surface area contributed by atoms with E-state index in [1.807, 2.05) is 43.3 Å². The lowest BCUT2D eigenvalue weighted by molar-refractivity contribution is -0.274. The van der Waals surface area contributed by atoms with Crippen LogP contribution in [0.1, 0.15) is 36.5 Å². The zero-order chi connectivity index (χ0) is 34.5. The van der Waals surface area contributed by atoms with E-state index in [2.05, 4.69) is 5.32 Å². The SMILES string of the molecule is Cc1c(COc2cc(OCCN3CCCC(O)(C(F)(F)F)C3)c(CNC(C)(CO)CO)cc2Cl)cccc1-c1ccc2c(c1)OCCO2. The topological polar surface area (TPSA) is 113 Å². The molecule has 0 aromatic heterocycles. The number of aliphatic hydroxyl groups excluding tert-OH is 2. The van der Waals surface area contributed by atoms with Crippen LogP contribution in [0.3, 0.4) is 0 Å². The smallest absolute Gasteiger partial charge is 0.418 e. The molecule has 0 spiro atoms. The van der Waals surface area contributed by atoms with Crippen LogP contribution in [0.25, 0.3) is 11.1 Å². The van der Waals surface area contributed by atoms with Gasteiger partial charge in [0.15, 0.2) is 17.1 Å². The summed E-state index contributed by atoms with van der Waals surface area (Å²) in [6, 6.07) is 15.1. The first-order chi connectivity index (χ1) is 22.8. The zero-order valence-electron chi connectivity index (χ0n) is 27.0. The second-order valence-electron chi connectivity index (χ2n) is 12.6. The molecule has 1 fully saturated rings. The summed E-state index contributed by atoms with van der Waals surface area (Å²) < 4.78 is 64.1. The second kappa shape index (κ2) is 15.1. The van der Waals surface area contributed by atoms with Crippen molar-refractivity contribution < 1.29 is 47.4 Å². The largest absolute Gasteiger partial charge is 0.492 e. The highest BCUT2D eigenvalue weighted by Crippen LogP contribution is 2.39. The van der Waals surface area contributed by atoms with E-state index in [-0.39, 0.29) is 52.4 Å². The third-order valence-electron chi connectivity index (χ3n) is 8.94. The second-order valence-corrected chi connectivity index (χ2v) is 13.0. The predicted molar refractivity (Wildman–Crippen MR) is 175 cm³/mol. The molecular weight excluding hydrogens is 653 g/mol. The molecule has 0 aliphatic carbocycles. The van der Waals surface area contributed by atoms with Gasteiger partial charge in [0.25, 0.3) is 0 Å². The van der Waals surface area contributed by atoms with E-state index in [0.717, 1.165) is 22.3 Å². The van der Waals surface area contributed by atoms with E-state index in [9.17, 15) is 28.5 Å². The van der Waals surface area contributed by atoms with Crippen molar-refractivity contribution in [1.82, 2.24) is 10.2 Å². The Morgan fingerprint density at radius 2 is 1.73 bits per heavy atom. The summed E-state index contributed by atoms with van der Waals surface area (Å²) in [5, 5.41) is 33.1. The maximum Gasteiger partial charge on any atom is 0.418 e. The van der Waals surface area contributed by atoms with Crippen LogP contribution in [-0.4, -0.2) is 90.2 Å². The van der Waals surface area contributed by atoms with Crippen molar-refractivity contribution in [2.75, 3.05) is 52.7 Å². The Balaban J connectivity index is 1.32. The number of aliphatic hydroxyl groups is 3. The molecule has 13 heteroatoms. The Morgan fingerprint density at radius 1 is 0.979 bits per heavy atom. The number of likely N-dealkylation sites (tertiary alicyclic amines) is 1. The van der Waals surface area contributed by atoms with Crippen molar-refractivity contribution in [2.24, 2.45) is 0 Å². The van der Waals surface area contributed by atoms with Crippen molar-refractivity contribution >= 4 is 11.6 Å². The lowest BCUT2D eigenvalue weighted by atomic mass is 9.92. The van der Waals surface area contributed by atoms with E-state index in [1.54, 1.807) is 19.1 Å². The number of halogens is 4. The van der Waals surface area contributed by atoms with Crippen LogP contribution in [0.4, 0.5) is 13.2 Å². The van der Waals surface area contributed by atoms with Crippen molar-refractivity contribution in [1.29, 1.82) is 0 Å². The van der Waals surface area contributed by atoms with E-state index in [0.29, 0.717) is 53.3 Å². The summed E-state index contributed by atoms with van der Waals surface area (Å²) in [5.74, 6) is 2.13. The first-order valence-electron chi connectivity index (χ1n) is 15.9. The molecule has 1 atom stereocenters. The molecule has 3 aromatic carbocycles. The van der Waals surface area contributed by atoms with Gasteiger partial charge in [-0.3, -0.25) is 4.90 Å². The van der Waals surface area contributed by atoms with Crippen molar-refractivity contribution in [3.8, 4) is 34.1 Å². The molecule has 0 radical (unpaired) electrons. The minimum Gasteiger partial charge on any atom is -0.492 e. The molecule has 0 bridgehead atoms. The minimum absolute atomic E-state index is 0.0377. The van der Waals surface area contributed by atoms with Crippen LogP contribution in [0.2, 0.25) is 5.02 Å². The summed E-state index contributed by atoms with van der Waals surface area (Å²) in [4.78, 5) is 1.54. The molecule has 0 amide bonds. The van der Waals surface area contributed by atoms with E-state index < -0.39 is 23.9 Å². The Hall–Kier alpha value is -3.26. The van der Waals surface area contributed by atoms with E-state index in [4.69, 9.17) is 30.5 Å². The van der Waals surface area contributed by atoms with Gasteiger partial charge in [-0.1, -0.05) is 35.9 Å². The van der Waals surface area contributed by atoms with Gasteiger partial charge in [0.05, 0.1) is 23.8 Å². The normalized spacial score (nSPS) is 18.5. The van der Waals surface area contributed by atoms with Crippen LogP contribution in [0.15, 0.2) is 48.5 Å². The number of benzene rings is 3. The third-order valence-corrected chi connectivity index (χ3v) is 9.24. The molecule has 5 rings (SSSR count). The standard InChI is InChI=1S/C35H42ClF3N2O7/c1-23-25(5-3-6-27(23)24-7-8-29-32(16-24)47-14-13-46-29)19-48-31-17-30(26(15-28(31)36)18-40-33(2,21-42)22-43)45-12-11-41-10-4-9-34(44,20-41)35(37,38)39/h3,5-8,15-17,40,42-44H,4,9-14,18-22H2,1-2H3. The Bertz CT molecular complexity index is 1570. The molecule has 2 aliphatic heterocycles. The fraction of sp³-hybridized carbons (Fsp3) is 0.486. The molecule has 262 valence electrons.